The lowest BCUT2D eigenvalue weighted by atomic mass is 10.0. The Morgan fingerprint density at radius 2 is 2.50 bits per heavy atom. The molecular formula is C8H14INO2. The molecule has 70 valence electrons. The van der Waals surface area contributed by atoms with Crippen LogP contribution in [0.3, 0.4) is 0 Å². The van der Waals surface area contributed by atoms with E-state index in [2.05, 4.69) is 26.0 Å². The molecule has 4 heteroatoms. The van der Waals surface area contributed by atoms with Gasteiger partial charge < -0.3 is 4.74 Å². The van der Waals surface area contributed by atoms with Gasteiger partial charge in [-0.15, -0.1) is 0 Å². The average Bonchev–Trinajstić information content (AvgIpc) is 2.05. The molecule has 0 unspecified atom stereocenters. The average molecular weight is 283 g/mol. The summed E-state index contributed by atoms with van der Waals surface area (Å²) in [6, 6.07) is 0. The molecule has 1 atom stereocenters. The van der Waals surface area contributed by atoms with Crippen molar-refractivity contribution in [3.63, 3.8) is 0 Å². The van der Waals surface area contributed by atoms with Crippen molar-refractivity contribution in [1.82, 2.24) is 3.11 Å². The number of carbonyl (C=O) groups is 1. The topological polar surface area (TPSA) is 29.5 Å². The smallest absolute Gasteiger partial charge is 0.310 e. The molecule has 0 radical (unpaired) electrons. The molecule has 0 N–H and O–H groups in total. The third-order valence-electron chi connectivity index (χ3n) is 1.99. The van der Waals surface area contributed by atoms with Crippen LogP contribution < -0.4 is 0 Å². The number of nitrogens with zero attached hydrogens (tertiary/aromatic N) is 1. The molecule has 0 aromatic heterocycles. The van der Waals surface area contributed by atoms with E-state index in [1.807, 2.05) is 6.92 Å². The number of esters is 1. The molecule has 0 bridgehead atoms. The first-order valence-corrected chi connectivity index (χ1v) is 5.28. The van der Waals surface area contributed by atoms with Crippen molar-refractivity contribution in [1.29, 1.82) is 0 Å². The van der Waals surface area contributed by atoms with E-state index in [9.17, 15) is 4.79 Å². The Bertz CT molecular complexity index is 163. The Balaban J connectivity index is 2.35. The first kappa shape index (κ1) is 10.2. The minimum absolute atomic E-state index is 0.0288. The standard InChI is InChI=1S/C8H14INO2/c1-2-12-8(11)7-4-3-5-10(9)6-7/h7H,2-6H2,1H3/t7-/m1/s1. The van der Waals surface area contributed by atoms with Crippen molar-refractivity contribution in [2.45, 2.75) is 19.8 Å². The quantitative estimate of drug-likeness (QED) is 0.438. The van der Waals surface area contributed by atoms with Gasteiger partial charge in [-0.05, 0) is 19.8 Å². The summed E-state index contributed by atoms with van der Waals surface area (Å²) in [5.74, 6) is 0.0782. The summed E-state index contributed by atoms with van der Waals surface area (Å²) in [7, 11) is 0. The van der Waals surface area contributed by atoms with Crippen LogP contribution in [0.1, 0.15) is 19.8 Å². The zero-order valence-corrected chi connectivity index (χ0v) is 9.41. The lowest BCUT2D eigenvalue weighted by molar-refractivity contribution is -0.149. The predicted octanol–water partition coefficient (Wildman–Crippen LogP) is 1.61. The minimum atomic E-state index is -0.0288. The van der Waals surface area contributed by atoms with Crippen LogP contribution in [0.5, 0.6) is 0 Å². The second kappa shape index (κ2) is 5.01. The highest BCUT2D eigenvalue weighted by Gasteiger charge is 2.25. The molecule has 1 rings (SSSR count). The van der Waals surface area contributed by atoms with Gasteiger partial charge in [-0.2, -0.15) is 0 Å². The van der Waals surface area contributed by atoms with Crippen molar-refractivity contribution in [3.05, 3.63) is 0 Å². The summed E-state index contributed by atoms with van der Waals surface area (Å²) in [5.41, 5.74) is 0. The number of halogens is 1. The first-order valence-electron chi connectivity index (χ1n) is 4.31. The molecule has 0 aliphatic carbocycles. The van der Waals surface area contributed by atoms with Crippen LogP contribution in [0.4, 0.5) is 0 Å². The summed E-state index contributed by atoms with van der Waals surface area (Å²) >= 11 is 2.26. The molecule has 0 amide bonds. The van der Waals surface area contributed by atoms with E-state index in [1.165, 1.54) is 0 Å². The molecule has 1 aliphatic heterocycles. The van der Waals surface area contributed by atoms with Crippen LogP contribution in [-0.4, -0.2) is 28.8 Å². The zero-order chi connectivity index (χ0) is 8.97. The summed E-state index contributed by atoms with van der Waals surface area (Å²) < 4.78 is 7.12. The zero-order valence-electron chi connectivity index (χ0n) is 7.25. The SMILES string of the molecule is CCOC(=O)[C@@H]1CCCN(I)C1. The largest absolute Gasteiger partial charge is 0.466 e. The molecule has 0 saturated carbocycles. The third-order valence-corrected chi connectivity index (χ3v) is 2.87. The van der Waals surface area contributed by atoms with Gasteiger partial charge in [0.15, 0.2) is 0 Å². The monoisotopic (exact) mass is 283 g/mol. The van der Waals surface area contributed by atoms with Gasteiger partial charge in [0.25, 0.3) is 0 Å². The Kier molecular flexibility index (Phi) is 4.28. The molecule has 12 heavy (non-hydrogen) atoms. The van der Waals surface area contributed by atoms with E-state index < -0.39 is 0 Å². The van der Waals surface area contributed by atoms with Gasteiger partial charge in [-0.1, -0.05) is 0 Å². The van der Waals surface area contributed by atoms with Gasteiger partial charge in [0.2, 0.25) is 0 Å². The van der Waals surface area contributed by atoms with E-state index in [4.69, 9.17) is 4.74 Å². The highest BCUT2D eigenvalue weighted by molar-refractivity contribution is 14.1. The van der Waals surface area contributed by atoms with Crippen molar-refractivity contribution in [2.75, 3.05) is 19.7 Å². The summed E-state index contributed by atoms with van der Waals surface area (Å²) in [6.45, 7) is 4.29. The fraction of sp³-hybridized carbons (Fsp3) is 0.875. The van der Waals surface area contributed by atoms with E-state index >= 15 is 0 Å². The van der Waals surface area contributed by atoms with Crippen LogP contribution >= 0.6 is 22.9 Å². The predicted molar refractivity (Wildman–Crippen MR) is 55.0 cm³/mol. The second-order valence-corrected chi connectivity index (χ2v) is 4.32. The molecule has 0 aromatic carbocycles. The van der Waals surface area contributed by atoms with Crippen LogP contribution in [0.25, 0.3) is 0 Å². The normalized spacial score (nSPS) is 25.3. The highest BCUT2D eigenvalue weighted by atomic mass is 127. The van der Waals surface area contributed by atoms with Crippen LogP contribution in [0.2, 0.25) is 0 Å². The van der Waals surface area contributed by atoms with Gasteiger partial charge in [-0.25, -0.2) is 3.11 Å². The van der Waals surface area contributed by atoms with Crippen molar-refractivity contribution < 1.29 is 9.53 Å². The van der Waals surface area contributed by atoms with Crippen LogP contribution in [-0.2, 0) is 9.53 Å². The van der Waals surface area contributed by atoms with E-state index in [-0.39, 0.29) is 11.9 Å². The molecule has 1 aliphatic rings. The van der Waals surface area contributed by atoms with E-state index in [1.54, 1.807) is 0 Å². The van der Waals surface area contributed by atoms with Gasteiger partial charge in [0.1, 0.15) is 0 Å². The van der Waals surface area contributed by atoms with Gasteiger partial charge in [0, 0.05) is 36.0 Å². The van der Waals surface area contributed by atoms with Crippen LogP contribution in [0, 0.1) is 5.92 Å². The van der Waals surface area contributed by atoms with Gasteiger partial charge in [0.05, 0.1) is 12.5 Å². The van der Waals surface area contributed by atoms with Gasteiger partial charge in [-0.3, -0.25) is 4.79 Å². The number of ether oxygens (including phenoxy) is 1. The minimum Gasteiger partial charge on any atom is -0.466 e. The van der Waals surface area contributed by atoms with Crippen LogP contribution in [0.15, 0.2) is 0 Å². The highest BCUT2D eigenvalue weighted by Crippen LogP contribution is 2.20. The second-order valence-electron chi connectivity index (χ2n) is 2.96. The maximum Gasteiger partial charge on any atom is 0.310 e. The first-order chi connectivity index (χ1) is 5.74. The molecule has 1 heterocycles. The number of carbonyl (C=O) groups excluding carboxylic acids is 1. The Morgan fingerprint density at radius 3 is 3.08 bits per heavy atom. The van der Waals surface area contributed by atoms with Gasteiger partial charge >= 0.3 is 5.97 Å². The lowest BCUT2D eigenvalue weighted by Crippen LogP contribution is -2.33. The fourth-order valence-electron chi connectivity index (χ4n) is 1.38. The fourth-order valence-corrected chi connectivity index (χ4v) is 2.20. The number of rotatable bonds is 2. The summed E-state index contributed by atoms with van der Waals surface area (Å²) in [6.07, 6.45) is 2.09. The Hall–Kier alpha value is 0.160. The molecule has 1 saturated heterocycles. The lowest BCUT2D eigenvalue weighted by Gasteiger charge is -2.26. The third kappa shape index (κ3) is 2.90. The van der Waals surface area contributed by atoms with Crippen molar-refractivity contribution in [3.8, 4) is 0 Å². The Morgan fingerprint density at radius 1 is 1.75 bits per heavy atom. The van der Waals surface area contributed by atoms with Crippen molar-refractivity contribution >= 4 is 28.8 Å². The van der Waals surface area contributed by atoms with E-state index in [0.29, 0.717) is 6.61 Å². The van der Waals surface area contributed by atoms with Crippen molar-refractivity contribution in [2.24, 2.45) is 5.92 Å². The van der Waals surface area contributed by atoms with E-state index in [0.717, 1.165) is 25.9 Å². The number of hydrogen-bond donors (Lipinski definition) is 0. The Labute approximate surface area is 86.9 Å². The molecule has 1 fully saturated rings. The molecule has 0 spiro atoms. The number of hydrogen-bond acceptors (Lipinski definition) is 3. The summed E-state index contributed by atoms with van der Waals surface area (Å²) in [5, 5.41) is 0. The molecular weight excluding hydrogens is 269 g/mol. The maximum atomic E-state index is 11.3. The molecule has 0 aromatic rings. The number of piperidine rings is 1. The molecule has 3 nitrogen and oxygen atoms in total. The summed E-state index contributed by atoms with van der Waals surface area (Å²) in [4.78, 5) is 11.3. The maximum absolute atomic E-state index is 11.3.